The zero-order chi connectivity index (χ0) is 15.0. The average Bonchev–Trinajstić information content (AvgIpc) is 3.22. The Hall–Kier alpha value is -1.40. The Morgan fingerprint density at radius 3 is 2.81 bits per heavy atom. The number of carbonyl (C=O) groups is 2. The molecule has 6 heteroatoms. The van der Waals surface area contributed by atoms with Crippen molar-refractivity contribution in [3.05, 3.63) is 16.0 Å². The maximum atomic E-state index is 12.3. The Morgan fingerprint density at radius 1 is 1.38 bits per heavy atom. The molecule has 1 atom stereocenters. The number of carbonyl (C=O) groups excluding carboxylic acids is 2. The zero-order valence-electron chi connectivity index (χ0n) is 12.1. The molecule has 3 rings (SSSR count). The molecule has 1 unspecified atom stereocenters. The van der Waals surface area contributed by atoms with Gasteiger partial charge >= 0.3 is 5.97 Å². The maximum absolute atomic E-state index is 12.3. The van der Waals surface area contributed by atoms with Crippen LogP contribution >= 0.6 is 11.3 Å². The van der Waals surface area contributed by atoms with Gasteiger partial charge in [0.25, 0.3) is 0 Å². The van der Waals surface area contributed by atoms with Crippen LogP contribution in [0.5, 0.6) is 0 Å². The molecule has 1 saturated carbocycles. The van der Waals surface area contributed by atoms with Crippen LogP contribution in [0.4, 0.5) is 5.00 Å². The van der Waals surface area contributed by atoms with Crippen LogP contribution in [-0.2, 0) is 22.4 Å². The number of fused-ring (bicyclic) bond motifs is 1. The second kappa shape index (κ2) is 5.77. The van der Waals surface area contributed by atoms with E-state index >= 15 is 0 Å². The SMILES string of the molecule is CCOC(=O)c1c(NC(=O)C2CC2)sc2c1CC(N)CC2. The topological polar surface area (TPSA) is 81.4 Å². The highest BCUT2D eigenvalue weighted by Gasteiger charge is 2.33. The second-order valence-electron chi connectivity index (χ2n) is 5.69. The van der Waals surface area contributed by atoms with Gasteiger partial charge in [-0.15, -0.1) is 11.3 Å². The summed E-state index contributed by atoms with van der Waals surface area (Å²) in [5.74, 6) is -0.222. The lowest BCUT2D eigenvalue weighted by Crippen LogP contribution is -2.28. The molecule has 0 saturated heterocycles. The molecule has 3 N–H and O–H groups in total. The van der Waals surface area contributed by atoms with Gasteiger partial charge in [0, 0.05) is 16.8 Å². The molecule has 2 aliphatic carbocycles. The summed E-state index contributed by atoms with van der Waals surface area (Å²) in [6.45, 7) is 2.11. The fraction of sp³-hybridized carbons (Fsp3) is 0.600. The number of thiophene rings is 1. The molecule has 1 aromatic heterocycles. The minimum absolute atomic E-state index is 0.0171. The third-order valence-electron chi connectivity index (χ3n) is 3.96. The maximum Gasteiger partial charge on any atom is 0.341 e. The van der Waals surface area contributed by atoms with Gasteiger partial charge in [0.15, 0.2) is 0 Å². The third-order valence-corrected chi connectivity index (χ3v) is 5.17. The average molecular weight is 308 g/mol. The molecule has 21 heavy (non-hydrogen) atoms. The zero-order valence-corrected chi connectivity index (χ0v) is 12.9. The molecule has 114 valence electrons. The minimum Gasteiger partial charge on any atom is -0.462 e. The van der Waals surface area contributed by atoms with Crippen molar-refractivity contribution >= 4 is 28.2 Å². The quantitative estimate of drug-likeness (QED) is 0.835. The van der Waals surface area contributed by atoms with Crippen molar-refractivity contribution in [2.24, 2.45) is 11.7 Å². The van der Waals surface area contributed by atoms with Gasteiger partial charge in [0.1, 0.15) is 5.00 Å². The summed E-state index contributed by atoms with van der Waals surface area (Å²) in [6, 6.07) is 0.0762. The standard InChI is InChI=1S/C15H20N2O3S/c1-2-20-15(19)12-10-7-9(16)5-6-11(10)21-14(12)17-13(18)8-3-4-8/h8-9H,2-7,16H2,1H3,(H,17,18). The lowest BCUT2D eigenvalue weighted by atomic mass is 9.92. The fourth-order valence-electron chi connectivity index (χ4n) is 2.68. The number of nitrogens with one attached hydrogen (secondary N) is 1. The molecule has 0 aromatic carbocycles. The van der Waals surface area contributed by atoms with Crippen LogP contribution in [0.3, 0.4) is 0 Å². The van der Waals surface area contributed by atoms with Crippen LogP contribution in [0.2, 0.25) is 0 Å². The van der Waals surface area contributed by atoms with Crippen molar-refractivity contribution in [2.45, 2.75) is 45.1 Å². The van der Waals surface area contributed by atoms with Gasteiger partial charge in [-0.1, -0.05) is 0 Å². The molecule has 1 aromatic rings. The Bertz CT molecular complexity index is 578. The van der Waals surface area contributed by atoms with Crippen LogP contribution in [0, 0.1) is 5.92 Å². The van der Waals surface area contributed by atoms with Crippen molar-refractivity contribution in [2.75, 3.05) is 11.9 Å². The molecular weight excluding hydrogens is 288 g/mol. The number of rotatable bonds is 4. The summed E-state index contributed by atoms with van der Waals surface area (Å²) in [5.41, 5.74) is 7.53. The largest absolute Gasteiger partial charge is 0.462 e. The van der Waals surface area contributed by atoms with Gasteiger partial charge in [-0.25, -0.2) is 4.79 Å². The van der Waals surface area contributed by atoms with Gasteiger partial charge in [-0.05, 0) is 44.6 Å². The van der Waals surface area contributed by atoms with Crippen molar-refractivity contribution in [1.29, 1.82) is 0 Å². The van der Waals surface area contributed by atoms with E-state index in [2.05, 4.69) is 5.32 Å². The predicted molar refractivity (Wildman–Crippen MR) is 81.6 cm³/mol. The van der Waals surface area contributed by atoms with Crippen LogP contribution in [0.25, 0.3) is 0 Å². The number of aryl methyl sites for hydroxylation is 1. The molecule has 0 radical (unpaired) electrons. The molecule has 0 bridgehead atoms. The number of esters is 1. The number of amides is 1. The summed E-state index contributed by atoms with van der Waals surface area (Å²) in [6.07, 6.45) is 4.35. The van der Waals surface area contributed by atoms with Crippen molar-refractivity contribution in [3.63, 3.8) is 0 Å². The van der Waals surface area contributed by atoms with Gasteiger partial charge in [0.05, 0.1) is 12.2 Å². The van der Waals surface area contributed by atoms with E-state index in [-0.39, 0.29) is 23.8 Å². The lowest BCUT2D eigenvalue weighted by Gasteiger charge is -2.18. The smallest absolute Gasteiger partial charge is 0.341 e. The van der Waals surface area contributed by atoms with Crippen LogP contribution in [0.15, 0.2) is 0 Å². The van der Waals surface area contributed by atoms with Gasteiger partial charge in [0.2, 0.25) is 5.91 Å². The van der Waals surface area contributed by atoms with Crippen molar-refractivity contribution in [1.82, 2.24) is 0 Å². The Balaban J connectivity index is 1.93. The highest BCUT2D eigenvalue weighted by atomic mass is 32.1. The first-order valence-corrected chi connectivity index (χ1v) is 8.30. The first-order chi connectivity index (χ1) is 10.1. The lowest BCUT2D eigenvalue weighted by molar-refractivity contribution is -0.117. The van der Waals surface area contributed by atoms with Crippen LogP contribution in [0.1, 0.15) is 47.0 Å². The summed E-state index contributed by atoms with van der Waals surface area (Å²) >= 11 is 1.50. The van der Waals surface area contributed by atoms with Crippen LogP contribution < -0.4 is 11.1 Å². The van der Waals surface area contributed by atoms with E-state index in [1.807, 2.05) is 0 Å². The molecule has 0 spiro atoms. The second-order valence-corrected chi connectivity index (χ2v) is 6.80. The highest BCUT2D eigenvalue weighted by Crippen LogP contribution is 2.39. The van der Waals surface area contributed by atoms with E-state index in [9.17, 15) is 9.59 Å². The first-order valence-electron chi connectivity index (χ1n) is 7.48. The predicted octanol–water partition coefficient (Wildman–Crippen LogP) is 2.09. The number of nitrogens with two attached hydrogens (primary N) is 1. The van der Waals surface area contributed by atoms with E-state index in [0.717, 1.165) is 36.1 Å². The number of ether oxygens (including phenoxy) is 1. The normalized spacial score (nSPS) is 20.8. The van der Waals surface area contributed by atoms with E-state index in [1.54, 1.807) is 6.92 Å². The number of hydrogen-bond acceptors (Lipinski definition) is 5. The van der Waals surface area contributed by atoms with Crippen LogP contribution in [-0.4, -0.2) is 24.5 Å². The molecule has 1 amide bonds. The van der Waals surface area contributed by atoms with Gasteiger partial charge in [-0.3, -0.25) is 4.79 Å². The van der Waals surface area contributed by atoms with E-state index in [4.69, 9.17) is 10.5 Å². The number of anilines is 1. The molecule has 1 fully saturated rings. The number of hydrogen-bond donors (Lipinski definition) is 2. The van der Waals surface area contributed by atoms with Crippen molar-refractivity contribution < 1.29 is 14.3 Å². The molecular formula is C15H20N2O3S. The van der Waals surface area contributed by atoms with Gasteiger partial charge in [-0.2, -0.15) is 0 Å². The minimum atomic E-state index is -0.352. The third kappa shape index (κ3) is 2.96. The Labute approximate surface area is 127 Å². The molecule has 1 heterocycles. The Kier molecular flexibility index (Phi) is 3.99. The van der Waals surface area contributed by atoms with E-state index in [1.165, 1.54) is 11.3 Å². The summed E-state index contributed by atoms with van der Waals surface area (Å²) in [4.78, 5) is 25.4. The molecule has 2 aliphatic rings. The first kappa shape index (κ1) is 14.5. The molecule has 0 aliphatic heterocycles. The Morgan fingerprint density at radius 2 is 2.14 bits per heavy atom. The summed E-state index contributed by atoms with van der Waals surface area (Å²) in [5, 5.41) is 3.56. The monoisotopic (exact) mass is 308 g/mol. The summed E-state index contributed by atoms with van der Waals surface area (Å²) in [7, 11) is 0. The van der Waals surface area contributed by atoms with E-state index in [0.29, 0.717) is 23.6 Å². The fourth-order valence-corrected chi connectivity index (χ4v) is 3.91. The van der Waals surface area contributed by atoms with Crippen molar-refractivity contribution in [3.8, 4) is 0 Å². The highest BCUT2D eigenvalue weighted by molar-refractivity contribution is 7.17. The van der Waals surface area contributed by atoms with E-state index < -0.39 is 0 Å². The summed E-state index contributed by atoms with van der Waals surface area (Å²) < 4.78 is 5.16. The molecule has 5 nitrogen and oxygen atoms in total. The van der Waals surface area contributed by atoms with Gasteiger partial charge < -0.3 is 15.8 Å².